The zero-order valence-corrected chi connectivity index (χ0v) is 30.7. The predicted molar refractivity (Wildman–Crippen MR) is 207 cm³/mol. The molecule has 0 saturated carbocycles. The molecule has 4 aromatic carbocycles. The second kappa shape index (κ2) is 16.7. The highest BCUT2D eigenvalue weighted by Crippen LogP contribution is 2.40. The van der Waals surface area contributed by atoms with Gasteiger partial charge in [-0.05, 0) is 70.8 Å². The minimum Gasteiger partial charge on any atom is -0.493 e. The fourth-order valence-electron chi connectivity index (χ4n) is 6.14. The van der Waals surface area contributed by atoms with Crippen LogP contribution in [0.3, 0.4) is 0 Å². The van der Waals surface area contributed by atoms with Crippen LogP contribution in [0.25, 0.3) is 46.1 Å². The van der Waals surface area contributed by atoms with Gasteiger partial charge in [-0.2, -0.15) is 0 Å². The molecular weight excluding hydrogens is 660 g/mol. The molecule has 0 saturated heterocycles. The maximum absolute atomic E-state index is 11.3. The number of fused-ring (bicyclic) bond motifs is 2. The van der Waals surface area contributed by atoms with Gasteiger partial charge in [-0.3, -0.25) is 4.79 Å². The van der Waals surface area contributed by atoms with Crippen LogP contribution >= 0.6 is 0 Å². The lowest BCUT2D eigenvalue weighted by Crippen LogP contribution is -1.95. The molecule has 0 aliphatic heterocycles. The van der Waals surface area contributed by atoms with Gasteiger partial charge in [-0.25, -0.2) is 0 Å². The van der Waals surface area contributed by atoms with Crippen LogP contribution in [0.5, 0.6) is 34.5 Å². The number of aromatic nitrogens is 2. The van der Waals surface area contributed by atoms with E-state index < -0.39 is 0 Å². The molecule has 0 amide bonds. The topological polar surface area (TPSA) is 103 Å². The maximum atomic E-state index is 11.3. The molecule has 270 valence electrons. The zero-order valence-electron chi connectivity index (χ0n) is 30.7. The van der Waals surface area contributed by atoms with Crippen LogP contribution in [0.2, 0.25) is 0 Å². The summed E-state index contributed by atoms with van der Waals surface area (Å²) in [4.78, 5) is 11.3. The van der Waals surface area contributed by atoms with E-state index in [-0.39, 0.29) is 6.61 Å². The quantitative estimate of drug-likeness (QED) is 0.101. The van der Waals surface area contributed by atoms with E-state index in [1.165, 1.54) is 0 Å². The molecule has 10 heteroatoms. The Labute approximate surface area is 303 Å². The van der Waals surface area contributed by atoms with Crippen molar-refractivity contribution in [1.82, 2.24) is 9.13 Å². The van der Waals surface area contributed by atoms with Crippen molar-refractivity contribution in [1.29, 1.82) is 0 Å². The lowest BCUT2D eigenvalue weighted by molar-refractivity contribution is 0.112. The van der Waals surface area contributed by atoms with Crippen LogP contribution in [0, 0.1) is 0 Å². The van der Waals surface area contributed by atoms with Crippen molar-refractivity contribution in [3.8, 4) is 34.5 Å². The average Bonchev–Trinajstić information content (AvgIpc) is 3.69. The second-order valence-electron chi connectivity index (χ2n) is 11.9. The summed E-state index contributed by atoms with van der Waals surface area (Å²) >= 11 is 0. The summed E-state index contributed by atoms with van der Waals surface area (Å²) < 4.78 is 36.2. The largest absolute Gasteiger partial charge is 0.493 e. The van der Waals surface area contributed by atoms with Crippen LogP contribution in [-0.2, 0) is 20.7 Å². The number of aldehydes is 1. The summed E-state index contributed by atoms with van der Waals surface area (Å²) in [5, 5.41) is 11.5. The van der Waals surface area contributed by atoms with Crippen LogP contribution in [0.4, 0.5) is 0 Å². The molecule has 0 aliphatic rings. The first-order valence-electron chi connectivity index (χ1n) is 16.4. The first kappa shape index (κ1) is 37.1. The molecule has 1 N–H and O–H groups in total. The standard InChI is InChI=1S/C21H23NO4.C21H21NO4/c2*1-22-12-16(13-23)17-9-14(7-8-18(17)22)5-6-15-10-19(24-2)21(26-4)20(11-15)25-3/h5-12,23H,13H2,1-4H3;5-13H,1-4H3/b2*6-5-. The predicted octanol–water partition coefficient (Wildman–Crippen LogP) is 8.05. The Balaban J connectivity index is 0.000000201. The highest BCUT2D eigenvalue weighted by atomic mass is 16.5. The first-order valence-corrected chi connectivity index (χ1v) is 16.4. The third-order valence-electron chi connectivity index (χ3n) is 8.75. The summed E-state index contributed by atoms with van der Waals surface area (Å²) in [5.74, 6) is 3.58. The zero-order chi connectivity index (χ0) is 37.4. The monoisotopic (exact) mass is 704 g/mol. The number of ether oxygens (including phenoxy) is 6. The first-order chi connectivity index (χ1) is 25.2. The number of methoxy groups -OCH3 is 6. The number of hydrogen-bond donors (Lipinski definition) is 1. The third kappa shape index (κ3) is 7.77. The smallest absolute Gasteiger partial charge is 0.203 e. The molecule has 2 aromatic heterocycles. The van der Waals surface area contributed by atoms with Crippen molar-refractivity contribution in [2.24, 2.45) is 14.1 Å². The molecule has 0 spiro atoms. The molecular formula is C42H44N2O8. The SMILES string of the molecule is COc1cc(/C=C\c2ccc3c(c2)c(C=O)cn3C)cc(OC)c1OC.COc1cc(/C=C\c2ccc3c(c2)c(CO)cn3C)cc(OC)c1OC. The number of hydrogen-bond acceptors (Lipinski definition) is 8. The lowest BCUT2D eigenvalue weighted by atomic mass is 10.1. The van der Waals surface area contributed by atoms with Gasteiger partial charge in [0.1, 0.15) is 0 Å². The third-order valence-corrected chi connectivity index (χ3v) is 8.75. The lowest BCUT2D eigenvalue weighted by Gasteiger charge is -2.12. The Morgan fingerprint density at radius 1 is 0.538 bits per heavy atom. The van der Waals surface area contributed by atoms with Crippen molar-refractivity contribution in [3.63, 3.8) is 0 Å². The van der Waals surface area contributed by atoms with Crippen molar-refractivity contribution in [3.05, 3.63) is 106 Å². The molecule has 0 aliphatic carbocycles. The van der Waals surface area contributed by atoms with Gasteiger partial charge in [-0.15, -0.1) is 0 Å². The Morgan fingerprint density at radius 2 is 0.942 bits per heavy atom. The van der Waals surface area contributed by atoms with E-state index in [4.69, 9.17) is 28.4 Å². The summed E-state index contributed by atoms with van der Waals surface area (Å²) in [7, 11) is 13.5. The van der Waals surface area contributed by atoms with E-state index >= 15 is 0 Å². The van der Waals surface area contributed by atoms with Crippen LogP contribution in [0.15, 0.2) is 73.1 Å². The normalized spacial score (nSPS) is 11.2. The van der Waals surface area contributed by atoms with Gasteiger partial charge in [-0.1, -0.05) is 36.4 Å². The number of carbonyl (C=O) groups is 1. The van der Waals surface area contributed by atoms with Crippen LogP contribution in [0.1, 0.15) is 38.2 Å². The van der Waals surface area contributed by atoms with E-state index in [2.05, 4.69) is 18.2 Å². The Morgan fingerprint density at radius 3 is 1.35 bits per heavy atom. The molecule has 10 nitrogen and oxygen atoms in total. The van der Waals surface area contributed by atoms with Crippen molar-refractivity contribution < 1.29 is 38.3 Å². The van der Waals surface area contributed by atoms with Gasteiger partial charge in [0.25, 0.3) is 0 Å². The number of nitrogens with zero attached hydrogens (tertiary/aromatic N) is 2. The van der Waals surface area contributed by atoms with Crippen molar-refractivity contribution >= 4 is 52.4 Å². The molecule has 52 heavy (non-hydrogen) atoms. The van der Waals surface area contributed by atoms with E-state index in [0.29, 0.717) is 40.1 Å². The highest BCUT2D eigenvalue weighted by Gasteiger charge is 2.14. The number of aliphatic hydroxyl groups is 1. The molecule has 6 aromatic rings. The van der Waals surface area contributed by atoms with Gasteiger partial charge < -0.3 is 42.7 Å². The van der Waals surface area contributed by atoms with Gasteiger partial charge in [0.05, 0.1) is 49.3 Å². The van der Waals surface area contributed by atoms with Gasteiger partial charge in [0, 0.05) is 59.4 Å². The molecule has 0 atom stereocenters. The number of benzene rings is 4. The van der Waals surface area contributed by atoms with Crippen molar-refractivity contribution in [2.45, 2.75) is 6.61 Å². The van der Waals surface area contributed by atoms with E-state index in [9.17, 15) is 9.90 Å². The maximum Gasteiger partial charge on any atom is 0.203 e. The summed E-state index contributed by atoms with van der Waals surface area (Å²) in [6, 6.07) is 19.8. The molecule has 0 radical (unpaired) electrons. The average molecular weight is 705 g/mol. The Kier molecular flexibility index (Phi) is 11.9. The minimum atomic E-state index is 0.0252. The molecule has 0 unspecified atom stereocenters. The summed E-state index contributed by atoms with van der Waals surface area (Å²) in [5.41, 5.74) is 7.64. The Bertz CT molecular complexity index is 2210. The van der Waals surface area contributed by atoms with Crippen LogP contribution in [-0.4, -0.2) is 63.2 Å². The second-order valence-corrected chi connectivity index (χ2v) is 11.9. The van der Waals surface area contributed by atoms with Gasteiger partial charge in [0.15, 0.2) is 29.3 Å². The molecule has 0 fully saturated rings. The fourth-order valence-corrected chi connectivity index (χ4v) is 6.14. The van der Waals surface area contributed by atoms with E-state index in [1.54, 1.807) is 42.7 Å². The van der Waals surface area contributed by atoms with Crippen molar-refractivity contribution in [2.75, 3.05) is 42.7 Å². The van der Waals surface area contributed by atoms with Gasteiger partial charge >= 0.3 is 0 Å². The van der Waals surface area contributed by atoms with Gasteiger partial charge in [0.2, 0.25) is 11.5 Å². The molecule has 2 heterocycles. The van der Waals surface area contributed by atoms with E-state index in [1.807, 2.05) is 102 Å². The summed E-state index contributed by atoms with van der Waals surface area (Å²) in [6.07, 6.45) is 12.6. The Hall–Kier alpha value is -6.13. The fraction of sp³-hybridized carbons (Fsp3) is 0.214. The number of rotatable bonds is 12. The number of carbonyl (C=O) groups excluding carboxylic acids is 1. The number of aliphatic hydroxyl groups excluding tert-OH is 1. The minimum absolute atomic E-state index is 0.0252. The molecule has 6 rings (SSSR count). The summed E-state index contributed by atoms with van der Waals surface area (Å²) in [6.45, 7) is 0.0252. The van der Waals surface area contributed by atoms with Crippen LogP contribution < -0.4 is 28.4 Å². The number of aryl methyl sites for hydroxylation is 2. The molecule has 0 bridgehead atoms. The highest BCUT2D eigenvalue weighted by molar-refractivity contribution is 5.99. The van der Waals surface area contributed by atoms with E-state index in [0.717, 1.165) is 55.9 Å².